The number of nitriles is 1. The van der Waals surface area contributed by atoms with Gasteiger partial charge in [0.2, 0.25) is 0 Å². The lowest BCUT2D eigenvalue weighted by Crippen LogP contribution is -2.53. The molecule has 0 aromatic heterocycles. The number of nitrogens with one attached hydrogen (secondary N) is 1. The van der Waals surface area contributed by atoms with Gasteiger partial charge in [-0.2, -0.15) is 5.26 Å². The molecule has 106 valence electrons. The van der Waals surface area contributed by atoms with Gasteiger partial charge in [0.25, 0.3) is 0 Å². The molecule has 2 unspecified atom stereocenters. The summed E-state index contributed by atoms with van der Waals surface area (Å²) in [6.07, 6.45) is 8.42. The first-order valence-corrected chi connectivity index (χ1v) is 7.95. The van der Waals surface area contributed by atoms with Crippen molar-refractivity contribution in [3.05, 3.63) is 0 Å². The molecule has 2 atom stereocenters. The van der Waals surface area contributed by atoms with Crippen molar-refractivity contribution in [2.24, 2.45) is 5.41 Å². The lowest BCUT2D eigenvalue weighted by molar-refractivity contribution is 0.132. The van der Waals surface area contributed by atoms with Crippen molar-refractivity contribution in [1.82, 2.24) is 10.2 Å². The molecule has 0 aromatic rings. The molecule has 1 N–H and O–H groups in total. The van der Waals surface area contributed by atoms with Crippen molar-refractivity contribution in [1.29, 1.82) is 5.26 Å². The van der Waals surface area contributed by atoms with Crippen LogP contribution in [-0.2, 0) is 0 Å². The van der Waals surface area contributed by atoms with Crippen LogP contribution in [0.25, 0.3) is 0 Å². The number of likely N-dealkylation sites (tertiary alicyclic amines) is 1. The Bertz CT molecular complexity index is 380. The fourth-order valence-corrected chi connectivity index (χ4v) is 3.91. The average Bonchev–Trinajstić information content (AvgIpc) is 3.11. The Kier molecular flexibility index (Phi) is 3.35. The summed E-state index contributed by atoms with van der Waals surface area (Å²) >= 11 is 0. The van der Waals surface area contributed by atoms with Crippen LogP contribution in [-0.4, -0.2) is 35.6 Å². The van der Waals surface area contributed by atoms with Gasteiger partial charge in [-0.15, -0.1) is 0 Å². The fraction of sp³-hybridized carbons (Fsp3) is 0.938. The molecule has 3 rings (SSSR count). The normalized spacial score (nSPS) is 39.1. The standard InChI is InChI=1S/C16H27N3/c1-15(2)8-9-19(12-15)14-4-3-7-16(10-14,11-17)18-13-5-6-13/h13-14,18H,3-10,12H2,1-2H3. The van der Waals surface area contributed by atoms with E-state index in [0.717, 1.165) is 12.8 Å². The Morgan fingerprint density at radius 3 is 2.58 bits per heavy atom. The van der Waals surface area contributed by atoms with Crippen molar-refractivity contribution in [3.8, 4) is 6.07 Å². The first-order chi connectivity index (χ1) is 9.02. The summed E-state index contributed by atoms with van der Waals surface area (Å²) in [5.74, 6) is 0. The van der Waals surface area contributed by atoms with Crippen molar-refractivity contribution in [2.45, 2.75) is 76.4 Å². The topological polar surface area (TPSA) is 39.1 Å². The van der Waals surface area contributed by atoms with Gasteiger partial charge in [-0.3, -0.25) is 10.2 Å². The Hall–Kier alpha value is -0.590. The minimum Gasteiger partial charge on any atom is -0.300 e. The summed E-state index contributed by atoms with van der Waals surface area (Å²) in [7, 11) is 0. The maximum Gasteiger partial charge on any atom is 0.108 e. The predicted octanol–water partition coefficient (Wildman–Crippen LogP) is 2.68. The van der Waals surface area contributed by atoms with E-state index in [-0.39, 0.29) is 5.54 Å². The molecular weight excluding hydrogens is 234 g/mol. The van der Waals surface area contributed by atoms with Gasteiger partial charge in [0.15, 0.2) is 0 Å². The van der Waals surface area contributed by atoms with Gasteiger partial charge in [-0.05, 0) is 56.9 Å². The zero-order valence-electron chi connectivity index (χ0n) is 12.4. The van der Waals surface area contributed by atoms with Gasteiger partial charge >= 0.3 is 0 Å². The molecular formula is C16H27N3. The van der Waals surface area contributed by atoms with E-state index in [4.69, 9.17) is 0 Å². The maximum atomic E-state index is 9.65. The molecule has 19 heavy (non-hydrogen) atoms. The second kappa shape index (κ2) is 4.75. The zero-order chi connectivity index (χ0) is 13.5. The van der Waals surface area contributed by atoms with Crippen LogP contribution < -0.4 is 5.32 Å². The highest BCUT2D eigenvalue weighted by molar-refractivity contribution is 5.13. The van der Waals surface area contributed by atoms with Crippen molar-refractivity contribution >= 4 is 0 Å². The lowest BCUT2D eigenvalue weighted by Gasteiger charge is -2.41. The molecule has 0 radical (unpaired) electrons. The molecule has 1 saturated heterocycles. The molecule has 1 heterocycles. The molecule has 3 heteroatoms. The van der Waals surface area contributed by atoms with Crippen molar-refractivity contribution in [2.75, 3.05) is 13.1 Å². The molecule has 3 aliphatic rings. The van der Waals surface area contributed by atoms with Crippen LogP contribution in [0, 0.1) is 16.7 Å². The SMILES string of the molecule is CC1(C)CCN(C2CCCC(C#N)(NC3CC3)C2)C1. The van der Waals surface area contributed by atoms with Gasteiger partial charge < -0.3 is 0 Å². The minimum atomic E-state index is -0.225. The summed E-state index contributed by atoms with van der Waals surface area (Å²) in [5, 5.41) is 13.3. The van der Waals surface area contributed by atoms with E-state index in [2.05, 4.69) is 30.1 Å². The average molecular weight is 261 g/mol. The van der Waals surface area contributed by atoms with Gasteiger partial charge in [-0.25, -0.2) is 0 Å². The second-order valence-electron chi connectivity index (χ2n) is 7.75. The lowest BCUT2D eigenvalue weighted by atomic mass is 9.79. The maximum absolute atomic E-state index is 9.65. The summed E-state index contributed by atoms with van der Waals surface area (Å²) in [6, 6.07) is 3.88. The van der Waals surface area contributed by atoms with Crippen LogP contribution in [0.1, 0.15) is 58.8 Å². The Balaban J connectivity index is 1.65. The highest BCUT2D eigenvalue weighted by atomic mass is 15.2. The van der Waals surface area contributed by atoms with Crippen LogP contribution in [0.15, 0.2) is 0 Å². The predicted molar refractivity (Wildman–Crippen MR) is 76.7 cm³/mol. The highest BCUT2D eigenvalue weighted by Crippen LogP contribution is 2.38. The largest absolute Gasteiger partial charge is 0.300 e. The first kappa shape index (κ1) is 13.4. The van der Waals surface area contributed by atoms with Crippen LogP contribution in [0.4, 0.5) is 0 Å². The third-order valence-corrected chi connectivity index (χ3v) is 5.22. The molecule has 0 bridgehead atoms. The Morgan fingerprint density at radius 2 is 2.00 bits per heavy atom. The van der Waals surface area contributed by atoms with E-state index in [0.29, 0.717) is 17.5 Å². The molecule has 3 fully saturated rings. The summed E-state index contributed by atoms with van der Waals surface area (Å²) in [5.41, 5.74) is 0.244. The van der Waals surface area contributed by atoms with Crippen molar-refractivity contribution in [3.63, 3.8) is 0 Å². The van der Waals surface area contributed by atoms with E-state index in [1.54, 1.807) is 0 Å². The summed E-state index contributed by atoms with van der Waals surface area (Å²) in [6.45, 7) is 7.18. The van der Waals surface area contributed by atoms with E-state index in [1.807, 2.05) is 0 Å². The minimum absolute atomic E-state index is 0.225. The molecule has 1 aliphatic heterocycles. The van der Waals surface area contributed by atoms with Crippen LogP contribution in [0.3, 0.4) is 0 Å². The highest BCUT2D eigenvalue weighted by Gasteiger charge is 2.43. The molecule has 2 saturated carbocycles. The molecule has 2 aliphatic carbocycles. The van der Waals surface area contributed by atoms with Gasteiger partial charge in [-0.1, -0.05) is 13.8 Å². The number of rotatable bonds is 3. The van der Waals surface area contributed by atoms with E-state index >= 15 is 0 Å². The molecule has 0 spiro atoms. The van der Waals surface area contributed by atoms with Crippen LogP contribution in [0.2, 0.25) is 0 Å². The zero-order valence-corrected chi connectivity index (χ0v) is 12.4. The summed E-state index contributed by atoms with van der Waals surface area (Å²) in [4.78, 5) is 2.65. The molecule has 0 amide bonds. The van der Waals surface area contributed by atoms with Crippen LogP contribution in [0.5, 0.6) is 0 Å². The third kappa shape index (κ3) is 2.95. The molecule has 3 nitrogen and oxygen atoms in total. The number of hydrogen-bond donors (Lipinski definition) is 1. The first-order valence-electron chi connectivity index (χ1n) is 7.95. The number of hydrogen-bond acceptors (Lipinski definition) is 3. The number of nitrogens with zero attached hydrogens (tertiary/aromatic N) is 2. The Morgan fingerprint density at radius 1 is 1.21 bits per heavy atom. The second-order valence-corrected chi connectivity index (χ2v) is 7.75. The summed E-state index contributed by atoms with van der Waals surface area (Å²) < 4.78 is 0. The van der Waals surface area contributed by atoms with Crippen LogP contribution >= 0.6 is 0 Å². The van der Waals surface area contributed by atoms with Crippen molar-refractivity contribution < 1.29 is 0 Å². The Labute approximate surface area is 117 Å². The smallest absolute Gasteiger partial charge is 0.108 e. The van der Waals surface area contributed by atoms with E-state index in [1.165, 1.54) is 45.2 Å². The quantitative estimate of drug-likeness (QED) is 0.849. The van der Waals surface area contributed by atoms with Gasteiger partial charge in [0.05, 0.1) is 6.07 Å². The fourth-order valence-electron chi connectivity index (χ4n) is 3.91. The van der Waals surface area contributed by atoms with Gasteiger partial charge in [0.1, 0.15) is 5.54 Å². The monoisotopic (exact) mass is 261 g/mol. The third-order valence-electron chi connectivity index (χ3n) is 5.22. The van der Waals surface area contributed by atoms with E-state index < -0.39 is 0 Å². The van der Waals surface area contributed by atoms with E-state index in [9.17, 15) is 5.26 Å². The molecule has 0 aromatic carbocycles. The van der Waals surface area contributed by atoms with Gasteiger partial charge in [0, 0.05) is 18.6 Å².